The Morgan fingerprint density at radius 2 is 2.00 bits per heavy atom. The number of anilines is 1. The standard InChI is InChI=1S/C15H24N2O3/c1-5-11(3)10-16(6-2)14-8-7-13(12(4)18)9-15(14)17(19)20/h7-9,11-12,18H,5-6,10H2,1-4H3/t11?,12-/m1/s1. The topological polar surface area (TPSA) is 66.6 Å². The zero-order chi connectivity index (χ0) is 15.3. The first kappa shape index (κ1) is 16.4. The van der Waals surface area contributed by atoms with Crippen molar-refractivity contribution in [3.05, 3.63) is 33.9 Å². The Morgan fingerprint density at radius 1 is 1.35 bits per heavy atom. The van der Waals surface area contributed by atoms with Gasteiger partial charge in [-0.1, -0.05) is 26.3 Å². The van der Waals surface area contributed by atoms with E-state index in [1.165, 1.54) is 6.07 Å². The van der Waals surface area contributed by atoms with Gasteiger partial charge >= 0.3 is 0 Å². The normalized spacial score (nSPS) is 13.8. The number of hydrogen-bond donors (Lipinski definition) is 1. The molecule has 0 saturated carbocycles. The molecule has 0 aliphatic heterocycles. The monoisotopic (exact) mass is 280 g/mol. The molecular weight excluding hydrogens is 256 g/mol. The van der Waals surface area contributed by atoms with Gasteiger partial charge in [0.05, 0.1) is 11.0 Å². The van der Waals surface area contributed by atoms with Crippen LogP contribution in [0, 0.1) is 16.0 Å². The van der Waals surface area contributed by atoms with E-state index < -0.39 is 6.10 Å². The van der Waals surface area contributed by atoms with Gasteiger partial charge in [-0.05, 0) is 31.4 Å². The largest absolute Gasteiger partial charge is 0.389 e. The summed E-state index contributed by atoms with van der Waals surface area (Å²) in [5.74, 6) is 0.478. The first-order chi connectivity index (χ1) is 9.40. The second kappa shape index (κ2) is 7.24. The van der Waals surface area contributed by atoms with Gasteiger partial charge in [0.25, 0.3) is 5.69 Å². The van der Waals surface area contributed by atoms with Gasteiger partial charge in [0, 0.05) is 19.2 Å². The van der Waals surface area contributed by atoms with E-state index in [9.17, 15) is 15.2 Å². The molecule has 0 aliphatic carbocycles. The molecule has 1 N–H and O–H groups in total. The van der Waals surface area contributed by atoms with Crippen LogP contribution in [0.5, 0.6) is 0 Å². The Balaban J connectivity index is 3.17. The van der Waals surface area contributed by atoms with E-state index in [1.807, 2.05) is 11.8 Å². The van der Waals surface area contributed by atoms with Crippen LogP contribution in [0.4, 0.5) is 11.4 Å². The minimum Gasteiger partial charge on any atom is -0.389 e. The first-order valence-electron chi connectivity index (χ1n) is 7.12. The van der Waals surface area contributed by atoms with Crippen molar-refractivity contribution >= 4 is 11.4 Å². The number of nitro benzene ring substituents is 1. The number of rotatable bonds is 7. The fraction of sp³-hybridized carbons (Fsp3) is 0.600. The predicted octanol–water partition coefficient (Wildman–Crippen LogP) is 3.52. The molecule has 1 aromatic carbocycles. The van der Waals surface area contributed by atoms with Crippen molar-refractivity contribution in [3.8, 4) is 0 Å². The summed E-state index contributed by atoms with van der Waals surface area (Å²) in [7, 11) is 0. The average molecular weight is 280 g/mol. The Hall–Kier alpha value is -1.62. The SMILES string of the molecule is CCC(C)CN(CC)c1ccc([C@@H](C)O)cc1[N+](=O)[O-]. The molecule has 0 amide bonds. The van der Waals surface area contributed by atoms with Crippen molar-refractivity contribution in [2.75, 3.05) is 18.0 Å². The summed E-state index contributed by atoms with van der Waals surface area (Å²) < 4.78 is 0. The summed E-state index contributed by atoms with van der Waals surface area (Å²) in [6, 6.07) is 4.97. The summed E-state index contributed by atoms with van der Waals surface area (Å²) in [6.45, 7) is 9.37. The lowest BCUT2D eigenvalue weighted by atomic mass is 10.1. The van der Waals surface area contributed by atoms with Crippen molar-refractivity contribution in [1.82, 2.24) is 0 Å². The Bertz CT molecular complexity index is 460. The van der Waals surface area contributed by atoms with Crippen LogP contribution in [-0.4, -0.2) is 23.1 Å². The molecular formula is C15H24N2O3. The Morgan fingerprint density at radius 3 is 2.45 bits per heavy atom. The maximum atomic E-state index is 11.3. The molecule has 0 fully saturated rings. The van der Waals surface area contributed by atoms with E-state index in [2.05, 4.69) is 13.8 Å². The molecule has 0 aromatic heterocycles. The predicted molar refractivity (Wildman–Crippen MR) is 81.1 cm³/mol. The highest BCUT2D eigenvalue weighted by molar-refractivity contribution is 5.64. The maximum Gasteiger partial charge on any atom is 0.292 e. The van der Waals surface area contributed by atoms with Gasteiger partial charge in [0.1, 0.15) is 5.69 Å². The minimum atomic E-state index is -0.701. The second-order valence-electron chi connectivity index (χ2n) is 5.23. The number of aliphatic hydroxyl groups is 1. The van der Waals surface area contributed by atoms with Gasteiger partial charge in [-0.15, -0.1) is 0 Å². The van der Waals surface area contributed by atoms with Crippen LogP contribution in [0.1, 0.15) is 45.8 Å². The highest BCUT2D eigenvalue weighted by Gasteiger charge is 2.21. The summed E-state index contributed by atoms with van der Waals surface area (Å²) >= 11 is 0. The van der Waals surface area contributed by atoms with Crippen LogP contribution < -0.4 is 4.90 Å². The molecule has 0 bridgehead atoms. The van der Waals surface area contributed by atoms with Crippen LogP contribution in [0.15, 0.2) is 18.2 Å². The molecule has 5 heteroatoms. The van der Waals surface area contributed by atoms with Crippen molar-refractivity contribution in [3.63, 3.8) is 0 Å². The molecule has 0 heterocycles. The van der Waals surface area contributed by atoms with E-state index in [-0.39, 0.29) is 10.6 Å². The van der Waals surface area contributed by atoms with Crippen LogP contribution >= 0.6 is 0 Å². The zero-order valence-electron chi connectivity index (χ0n) is 12.7. The van der Waals surface area contributed by atoms with Crippen LogP contribution in [0.2, 0.25) is 0 Å². The number of benzene rings is 1. The fourth-order valence-electron chi connectivity index (χ4n) is 2.12. The highest BCUT2D eigenvalue weighted by atomic mass is 16.6. The molecule has 0 aliphatic rings. The fourth-order valence-corrected chi connectivity index (χ4v) is 2.12. The molecule has 5 nitrogen and oxygen atoms in total. The highest BCUT2D eigenvalue weighted by Crippen LogP contribution is 2.31. The van der Waals surface area contributed by atoms with Crippen molar-refractivity contribution < 1.29 is 10.0 Å². The van der Waals surface area contributed by atoms with Gasteiger partial charge in [-0.2, -0.15) is 0 Å². The molecule has 20 heavy (non-hydrogen) atoms. The summed E-state index contributed by atoms with van der Waals surface area (Å²) in [5.41, 5.74) is 1.26. The summed E-state index contributed by atoms with van der Waals surface area (Å²) in [6.07, 6.45) is 0.336. The van der Waals surface area contributed by atoms with Crippen LogP contribution in [0.3, 0.4) is 0 Å². The maximum absolute atomic E-state index is 11.3. The average Bonchev–Trinajstić information content (AvgIpc) is 2.43. The van der Waals surface area contributed by atoms with Gasteiger partial charge in [-0.3, -0.25) is 10.1 Å². The molecule has 0 radical (unpaired) electrons. The number of nitro groups is 1. The van der Waals surface area contributed by atoms with Gasteiger partial charge < -0.3 is 10.0 Å². The quantitative estimate of drug-likeness (QED) is 0.613. The molecule has 1 rings (SSSR count). The number of nitrogens with zero attached hydrogens (tertiary/aromatic N) is 2. The van der Waals surface area contributed by atoms with E-state index in [0.29, 0.717) is 17.2 Å². The third-order valence-electron chi connectivity index (χ3n) is 3.63. The smallest absolute Gasteiger partial charge is 0.292 e. The summed E-state index contributed by atoms with van der Waals surface area (Å²) in [5, 5.41) is 20.8. The molecule has 0 saturated heterocycles. The molecule has 2 atom stereocenters. The number of aliphatic hydroxyl groups excluding tert-OH is 1. The van der Waals surface area contributed by atoms with Gasteiger partial charge in [0.15, 0.2) is 0 Å². The zero-order valence-corrected chi connectivity index (χ0v) is 12.7. The second-order valence-corrected chi connectivity index (χ2v) is 5.23. The van der Waals surface area contributed by atoms with E-state index in [4.69, 9.17) is 0 Å². The van der Waals surface area contributed by atoms with Crippen LogP contribution in [-0.2, 0) is 0 Å². The van der Waals surface area contributed by atoms with E-state index >= 15 is 0 Å². The van der Waals surface area contributed by atoms with Crippen LogP contribution in [0.25, 0.3) is 0 Å². The van der Waals surface area contributed by atoms with Gasteiger partial charge in [0.2, 0.25) is 0 Å². The third-order valence-corrected chi connectivity index (χ3v) is 3.63. The summed E-state index contributed by atoms with van der Waals surface area (Å²) in [4.78, 5) is 12.9. The lowest BCUT2D eigenvalue weighted by Crippen LogP contribution is -2.28. The van der Waals surface area contributed by atoms with E-state index in [0.717, 1.165) is 19.5 Å². The van der Waals surface area contributed by atoms with Crippen molar-refractivity contribution in [2.45, 2.75) is 40.2 Å². The molecule has 112 valence electrons. The first-order valence-corrected chi connectivity index (χ1v) is 7.12. The van der Waals surface area contributed by atoms with Gasteiger partial charge in [-0.25, -0.2) is 0 Å². The minimum absolute atomic E-state index is 0.0635. The Labute approximate surface area is 120 Å². The lowest BCUT2D eigenvalue weighted by Gasteiger charge is -2.26. The third kappa shape index (κ3) is 3.93. The Kier molecular flexibility index (Phi) is 5.95. The lowest BCUT2D eigenvalue weighted by molar-refractivity contribution is -0.384. The molecule has 1 unspecified atom stereocenters. The number of hydrogen-bond acceptors (Lipinski definition) is 4. The molecule has 1 aromatic rings. The van der Waals surface area contributed by atoms with Crippen molar-refractivity contribution in [1.29, 1.82) is 0 Å². The molecule has 0 spiro atoms. The van der Waals surface area contributed by atoms with Crippen molar-refractivity contribution in [2.24, 2.45) is 5.92 Å². The van der Waals surface area contributed by atoms with E-state index in [1.54, 1.807) is 19.1 Å².